The third-order valence-electron chi connectivity index (χ3n) is 8.08. The number of anilines is 1. The summed E-state index contributed by atoms with van der Waals surface area (Å²) in [6.45, 7) is 2.93. The molecule has 1 spiro atoms. The van der Waals surface area contributed by atoms with Crippen LogP contribution in [-0.4, -0.2) is 17.2 Å². The Bertz CT molecular complexity index is 1490. The van der Waals surface area contributed by atoms with Crippen molar-refractivity contribution in [1.29, 1.82) is 0 Å². The van der Waals surface area contributed by atoms with Crippen LogP contribution in [0, 0.1) is 5.92 Å². The summed E-state index contributed by atoms with van der Waals surface area (Å²) in [7, 11) is 0. The molecule has 36 heavy (non-hydrogen) atoms. The first-order valence-corrected chi connectivity index (χ1v) is 12.9. The van der Waals surface area contributed by atoms with E-state index in [-0.39, 0.29) is 28.7 Å². The van der Waals surface area contributed by atoms with Crippen LogP contribution in [0.1, 0.15) is 56.6 Å². The summed E-state index contributed by atoms with van der Waals surface area (Å²) in [5.74, 6) is 0.182. The molecule has 2 aliphatic heterocycles. The van der Waals surface area contributed by atoms with Crippen LogP contribution in [0.3, 0.4) is 0 Å². The van der Waals surface area contributed by atoms with Gasteiger partial charge in [-0.15, -0.1) is 0 Å². The molecule has 4 heteroatoms. The van der Waals surface area contributed by atoms with Gasteiger partial charge >= 0.3 is 0 Å². The van der Waals surface area contributed by atoms with Crippen molar-refractivity contribution in [2.24, 2.45) is 10.9 Å². The largest absolute Gasteiger partial charge is 0.314 e. The number of Topliss-reactive ketones (excluding diaryl/α,β-unsaturated/α-hetero) is 2. The zero-order valence-corrected chi connectivity index (χ0v) is 20.8. The highest BCUT2D eigenvalue weighted by atomic mass is 16.1. The average molecular weight is 475 g/mol. The number of hydrogen-bond acceptors (Lipinski definition) is 4. The molecule has 6 rings (SSSR count). The standard InChI is InChI=1S/C32H30N2O2/c1-21(35)31(22(2)36)25-16-17-28-30(19-25)34-29(24-13-7-4-8-14-24)20-26(23-11-5-3-6-12-23)27-15-9-10-18-32(27,34)33-28/h3-8,11-14,16-17,19-20,26-27H,9-10,15,18H2,1-2H3/t26-,27-,32+/m0/s1. The van der Waals surface area contributed by atoms with Gasteiger partial charge in [-0.25, -0.2) is 0 Å². The molecule has 3 aromatic carbocycles. The Kier molecular flexibility index (Phi) is 5.48. The van der Waals surface area contributed by atoms with E-state index in [1.54, 1.807) is 0 Å². The fraction of sp³-hybridized carbons (Fsp3) is 0.281. The van der Waals surface area contributed by atoms with Crippen molar-refractivity contribution in [2.75, 3.05) is 4.90 Å². The molecule has 0 aromatic heterocycles. The van der Waals surface area contributed by atoms with Crippen LogP contribution in [0.25, 0.3) is 11.3 Å². The smallest absolute Gasteiger partial charge is 0.163 e. The topological polar surface area (TPSA) is 49.7 Å². The summed E-state index contributed by atoms with van der Waals surface area (Å²) < 4.78 is 0. The molecule has 0 radical (unpaired) electrons. The Labute approximate surface area is 211 Å². The van der Waals surface area contributed by atoms with Crippen LogP contribution in [0.15, 0.2) is 89.9 Å². The maximum absolute atomic E-state index is 12.4. The number of carbonyl (C=O) groups is 2. The molecular formula is C32H30N2O2. The third kappa shape index (κ3) is 3.47. The quantitative estimate of drug-likeness (QED) is 0.490. The molecule has 0 unspecified atom stereocenters. The predicted octanol–water partition coefficient (Wildman–Crippen LogP) is 5.18. The fourth-order valence-electron chi connectivity index (χ4n) is 6.66. The van der Waals surface area contributed by atoms with Gasteiger partial charge in [-0.2, -0.15) is 0 Å². The molecule has 0 amide bonds. The Morgan fingerprint density at radius 1 is 0.889 bits per heavy atom. The fourth-order valence-corrected chi connectivity index (χ4v) is 6.66. The lowest BCUT2D eigenvalue weighted by atomic mass is 9.66. The highest BCUT2D eigenvalue weighted by Crippen LogP contribution is 2.55. The zero-order chi connectivity index (χ0) is 24.9. The highest BCUT2D eigenvalue weighted by molar-refractivity contribution is 6.39. The average Bonchev–Trinajstić information content (AvgIpc) is 3.21. The predicted molar refractivity (Wildman–Crippen MR) is 143 cm³/mol. The summed E-state index contributed by atoms with van der Waals surface area (Å²) in [5, 5.41) is 1.61. The number of fused-ring (bicyclic) bond motifs is 2. The zero-order valence-electron chi connectivity index (χ0n) is 20.8. The Balaban J connectivity index is 1.64. The second-order valence-electron chi connectivity index (χ2n) is 10.2. The molecule has 0 bridgehead atoms. The lowest BCUT2D eigenvalue weighted by Gasteiger charge is -2.53. The lowest BCUT2D eigenvalue weighted by molar-refractivity contribution is -0.116. The van der Waals surface area contributed by atoms with Crippen LogP contribution >= 0.6 is 0 Å². The lowest BCUT2D eigenvalue weighted by Crippen LogP contribution is -2.55. The first-order chi connectivity index (χ1) is 17.5. The molecule has 1 fully saturated rings. The summed E-state index contributed by atoms with van der Waals surface area (Å²) >= 11 is 0. The molecule has 1 aliphatic carbocycles. The summed E-state index contributed by atoms with van der Waals surface area (Å²) in [6, 6.07) is 27.2. The van der Waals surface area contributed by atoms with Crippen LogP contribution in [0.4, 0.5) is 5.69 Å². The van der Waals surface area contributed by atoms with Crippen LogP contribution in [-0.2, 0) is 9.59 Å². The summed E-state index contributed by atoms with van der Waals surface area (Å²) in [4.78, 5) is 32.7. The molecule has 0 saturated heterocycles. The van der Waals surface area contributed by atoms with Crippen molar-refractivity contribution in [3.8, 4) is 0 Å². The number of carbonyl (C=O) groups excluding carboxylic acids is 2. The van der Waals surface area contributed by atoms with Crippen molar-refractivity contribution in [3.63, 3.8) is 0 Å². The van der Waals surface area contributed by atoms with Gasteiger partial charge in [-0.1, -0.05) is 79.2 Å². The number of nitrogens with zero attached hydrogens (tertiary/aromatic N) is 2. The molecule has 0 N–H and O–H groups in total. The van der Waals surface area contributed by atoms with E-state index in [1.165, 1.54) is 25.8 Å². The monoisotopic (exact) mass is 474 g/mol. The number of allylic oxidation sites excluding steroid dienone is 1. The molecular weight excluding hydrogens is 444 g/mol. The third-order valence-corrected chi connectivity index (χ3v) is 8.08. The van der Waals surface area contributed by atoms with Crippen LogP contribution in [0.5, 0.6) is 0 Å². The maximum atomic E-state index is 12.4. The van der Waals surface area contributed by atoms with Crippen molar-refractivity contribution in [2.45, 2.75) is 51.1 Å². The van der Waals surface area contributed by atoms with Gasteiger partial charge < -0.3 is 4.90 Å². The molecule has 3 aromatic rings. The first-order valence-electron chi connectivity index (χ1n) is 12.9. The molecule has 1 saturated carbocycles. The highest BCUT2D eigenvalue weighted by Gasteiger charge is 2.55. The van der Waals surface area contributed by atoms with Gasteiger partial charge in [-0.05, 0) is 61.6 Å². The Morgan fingerprint density at radius 2 is 1.58 bits per heavy atom. The minimum atomic E-state index is -0.383. The minimum absolute atomic E-state index is 0.204. The van der Waals surface area contributed by atoms with Crippen molar-refractivity contribution in [1.82, 2.24) is 0 Å². The van der Waals surface area contributed by atoms with Gasteiger partial charge in [0.25, 0.3) is 0 Å². The first kappa shape index (κ1) is 22.7. The van der Waals surface area contributed by atoms with Gasteiger partial charge in [-0.3, -0.25) is 14.6 Å². The van der Waals surface area contributed by atoms with Gasteiger partial charge in [0.2, 0.25) is 0 Å². The van der Waals surface area contributed by atoms with Gasteiger partial charge in [0.15, 0.2) is 11.6 Å². The van der Waals surface area contributed by atoms with Crippen molar-refractivity contribution in [3.05, 3.63) is 107 Å². The van der Waals surface area contributed by atoms with Gasteiger partial charge in [0.1, 0.15) is 5.66 Å². The molecule has 3 atom stereocenters. The molecule has 4 nitrogen and oxygen atoms in total. The number of ketones is 2. The van der Waals surface area contributed by atoms with Crippen LogP contribution in [0.2, 0.25) is 0 Å². The van der Waals surface area contributed by atoms with E-state index in [2.05, 4.69) is 65.6 Å². The summed E-state index contributed by atoms with van der Waals surface area (Å²) in [6.07, 6.45) is 6.83. The maximum Gasteiger partial charge on any atom is 0.163 e. The SMILES string of the molecule is CC(=O)C(C(C)=O)=c1ccc2c(c1)N1C(c3ccccc3)=C[C@@H](c3ccccc3)[C@@H]3CCCC[C@]31N=2. The normalized spacial score (nSPS) is 24.1. The number of benzene rings is 3. The molecule has 3 aliphatic rings. The number of rotatable bonds is 4. The minimum Gasteiger partial charge on any atom is -0.314 e. The van der Waals surface area contributed by atoms with Gasteiger partial charge in [0, 0.05) is 17.5 Å². The van der Waals surface area contributed by atoms with Crippen molar-refractivity contribution < 1.29 is 9.59 Å². The second-order valence-corrected chi connectivity index (χ2v) is 10.2. The Morgan fingerprint density at radius 3 is 2.28 bits per heavy atom. The molecule has 180 valence electrons. The van der Waals surface area contributed by atoms with E-state index < -0.39 is 0 Å². The second kappa shape index (κ2) is 8.70. The van der Waals surface area contributed by atoms with E-state index in [1.807, 2.05) is 24.3 Å². The van der Waals surface area contributed by atoms with E-state index in [0.717, 1.165) is 41.6 Å². The van der Waals surface area contributed by atoms with Gasteiger partial charge in [0.05, 0.1) is 16.6 Å². The van der Waals surface area contributed by atoms with E-state index in [0.29, 0.717) is 11.1 Å². The van der Waals surface area contributed by atoms with E-state index >= 15 is 0 Å². The van der Waals surface area contributed by atoms with E-state index in [4.69, 9.17) is 4.99 Å². The summed E-state index contributed by atoms with van der Waals surface area (Å²) in [5.41, 5.74) is 4.48. The Hall–Kier alpha value is -3.79. The van der Waals surface area contributed by atoms with Crippen LogP contribution < -0.4 is 15.5 Å². The molecule has 2 heterocycles. The number of hydrogen-bond donors (Lipinski definition) is 0. The van der Waals surface area contributed by atoms with Crippen molar-refractivity contribution >= 4 is 28.5 Å². The van der Waals surface area contributed by atoms with E-state index in [9.17, 15) is 9.59 Å².